The van der Waals surface area contributed by atoms with Gasteiger partial charge in [0.25, 0.3) is 0 Å². The van der Waals surface area contributed by atoms with Gasteiger partial charge in [0.1, 0.15) is 0 Å². The Hall–Kier alpha value is -0.0400. The van der Waals surface area contributed by atoms with E-state index in [0.29, 0.717) is 0 Å². The molecule has 0 bridgehead atoms. The first-order chi connectivity index (χ1) is 9.35. The number of nitrogens with one attached hydrogen (secondary N) is 1. The minimum atomic E-state index is 0.789. The summed E-state index contributed by atoms with van der Waals surface area (Å²) in [6.45, 7) is 7.95. The van der Waals surface area contributed by atoms with Crippen LogP contribution < -0.4 is 5.32 Å². The van der Waals surface area contributed by atoms with Gasteiger partial charge >= 0.3 is 0 Å². The van der Waals surface area contributed by atoms with E-state index in [1.807, 2.05) is 0 Å². The summed E-state index contributed by atoms with van der Waals surface area (Å²) in [4.78, 5) is 0. The molecule has 0 saturated carbocycles. The first-order valence-electron chi connectivity index (χ1n) is 9.08. The van der Waals surface area contributed by atoms with Gasteiger partial charge in [-0.15, -0.1) is 0 Å². The second-order valence-corrected chi connectivity index (χ2v) is 6.01. The molecule has 1 unspecified atom stereocenters. The van der Waals surface area contributed by atoms with Crippen molar-refractivity contribution in [1.82, 2.24) is 5.32 Å². The molecule has 1 nitrogen and oxygen atoms in total. The number of rotatable bonds is 15. The third-order valence-electron chi connectivity index (χ3n) is 4.06. The minimum absolute atomic E-state index is 0.789. The van der Waals surface area contributed by atoms with Crippen molar-refractivity contribution in [3.8, 4) is 0 Å². The number of hydrogen-bond donors (Lipinski definition) is 1. The van der Waals surface area contributed by atoms with E-state index in [1.54, 1.807) is 0 Å². The highest BCUT2D eigenvalue weighted by Crippen LogP contribution is 2.13. The number of unbranched alkanes of at least 4 members (excludes halogenated alkanes) is 9. The molecule has 0 amide bonds. The second kappa shape index (κ2) is 16.0. The van der Waals surface area contributed by atoms with Gasteiger partial charge in [0.05, 0.1) is 0 Å². The Morgan fingerprint density at radius 3 is 1.53 bits per heavy atom. The summed E-state index contributed by atoms with van der Waals surface area (Å²) in [6, 6.07) is 0.789. The Morgan fingerprint density at radius 1 is 0.579 bits per heavy atom. The maximum absolute atomic E-state index is 3.66. The first-order valence-corrected chi connectivity index (χ1v) is 9.08. The van der Waals surface area contributed by atoms with Gasteiger partial charge in [0, 0.05) is 6.04 Å². The van der Waals surface area contributed by atoms with E-state index in [0.717, 1.165) is 12.6 Å². The molecule has 0 saturated heterocycles. The third kappa shape index (κ3) is 14.2. The zero-order chi connectivity index (χ0) is 14.2. The molecule has 19 heavy (non-hydrogen) atoms. The van der Waals surface area contributed by atoms with Crippen LogP contribution in [0, 0.1) is 0 Å². The van der Waals surface area contributed by atoms with E-state index in [9.17, 15) is 0 Å². The summed E-state index contributed by atoms with van der Waals surface area (Å²) in [5, 5.41) is 3.66. The molecule has 0 aromatic heterocycles. The molecule has 0 aromatic rings. The topological polar surface area (TPSA) is 12.0 Å². The molecule has 0 aromatic carbocycles. The Bertz CT molecular complexity index is 156. The van der Waals surface area contributed by atoms with Gasteiger partial charge < -0.3 is 5.32 Å². The Labute approximate surface area is 122 Å². The zero-order valence-electron chi connectivity index (χ0n) is 14.0. The monoisotopic (exact) mass is 269 g/mol. The molecule has 1 atom stereocenters. The normalized spacial score (nSPS) is 12.8. The van der Waals surface area contributed by atoms with Crippen LogP contribution in [0.2, 0.25) is 0 Å². The average Bonchev–Trinajstić information content (AvgIpc) is 2.42. The molecule has 0 spiro atoms. The highest BCUT2D eigenvalue weighted by atomic mass is 14.9. The van der Waals surface area contributed by atoms with Crippen LogP contribution in [-0.2, 0) is 0 Å². The molecule has 0 heterocycles. The van der Waals surface area contributed by atoms with Gasteiger partial charge in [-0.05, 0) is 19.4 Å². The fraction of sp³-hybridized carbons (Fsp3) is 1.00. The van der Waals surface area contributed by atoms with Gasteiger partial charge in [0.2, 0.25) is 0 Å². The predicted molar refractivity (Wildman–Crippen MR) is 88.8 cm³/mol. The predicted octanol–water partition coefficient (Wildman–Crippen LogP) is 6.08. The summed E-state index contributed by atoms with van der Waals surface area (Å²) in [6.07, 6.45) is 18.4. The SMILES string of the molecule is CCCCCCCCCCC(CCCCC)NCC. The second-order valence-electron chi connectivity index (χ2n) is 6.01. The molecular weight excluding hydrogens is 230 g/mol. The molecule has 116 valence electrons. The van der Waals surface area contributed by atoms with Crippen molar-refractivity contribution in [2.45, 2.75) is 110 Å². The molecule has 0 rings (SSSR count). The van der Waals surface area contributed by atoms with Crippen molar-refractivity contribution in [1.29, 1.82) is 0 Å². The summed E-state index contributed by atoms with van der Waals surface area (Å²) in [7, 11) is 0. The zero-order valence-corrected chi connectivity index (χ0v) is 14.0. The fourth-order valence-corrected chi connectivity index (χ4v) is 2.80. The summed E-state index contributed by atoms with van der Waals surface area (Å²) in [5.41, 5.74) is 0. The maximum atomic E-state index is 3.66. The van der Waals surface area contributed by atoms with Gasteiger partial charge in [-0.3, -0.25) is 0 Å². The highest BCUT2D eigenvalue weighted by Gasteiger charge is 2.06. The molecule has 1 N–H and O–H groups in total. The largest absolute Gasteiger partial charge is 0.314 e. The lowest BCUT2D eigenvalue weighted by Crippen LogP contribution is -2.28. The van der Waals surface area contributed by atoms with Crippen LogP contribution in [0.25, 0.3) is 0 Å². The lowest BCUT2D eigenvalue weighted by atomic mass is 10.0. The van der Waals surface area contributed by atoms with Crippen LogP contribution in [0.5, 0.6) is 0 Å². The molecule has 0 aliphatic heterocycles. The molecule has 0 fully saturated rings. The van der Waals surface area contributed by atoms with Crippen LogP contribution in [0.1, 0.15) is 104 Å². The standard InChI is InChI=1S/C18H39N/c1-4-7-9-10-11-12-13-15-17-18(19-6-3)16-14-8-5-2/h18-19H,4-17H2,1-3H3. The van der Waals surface area contributed by atoms with Crippen LogP contribution in [0.4, 0.5) is 0 Å². The third-order valence-corrected chi connectivity index (χ3v) is 4.06. The molecule has 0 radical (unpaired) electrons. The van der Waals surface area contributed by atoms with Crippen molar-refractivity contribution < 1.29 is 0 Å². The Morgan fingerprint density at radius 2 is 1.00 bits per heavy atom. The van der Waals surface area contributed by atoms with Crippen LogP contribution >= 0.6 is 0 Å². The lowest BCUT2D eigenvalue weighted by molar-refractivity contribution is 0.423. The van der Waals surface area contributed by atoms with Crippen LogP contribution in [0.15, 0.2) is 0 Å². The van der Waals surface area contributed by atoms with Crippen molar-refractivity contribution >= 4 is 0 Å². The molecule has 0 aliphatic rings. The minimum Gasteiger partial charge on any atom is -0.314 e. The first kappa shape index (κ1) is 19.0. The van der Waals surface area contributed by atoms with Crippen LogP contribution in [-0.4, -0.2) is 12.6 Å². The lowest BCUT2D eigenvalue weighted by Gasteiger charge is -2.17. The smallest absolute Gasteiger partial charge is 0.00669 e. The summed E-state index contributed by atoms with van der Waals surface area (Å²) < 4.78 is 0. The van der Waals surface area contributed by atoms with Crippen molar-refractivity contribution in [2.24, 2.45) is 0 Å². The van der Waals surface area contributed by atoms with Crippen molar-refractivity contribution in [2.75, 3.05) is 6.54 Å². The van der Waals surface area contributed by atoms with Crippen molar-refractivity contribution in [3.63, 3.8) is 0 Å². The van der Waals surface area contributed by atoms with E-state index in [2.05, 4.69) is 26.1 Å². The number of hydrogen-bond acceptors (Lipinski definition) is 1. The van der Waals surface area contributed by atoms with Crippen LogP contribution in [0.3, 0.4) is 0 Å². The van der Waals surface area contributed by atoms with Gasteiger partial charge in [0.15, 0.2) is 0 Å². The van der Waals surface area contributed by atoms with Gasteiger partial charge in [-0.1, -0.05) is 91.4 Å². The molecular formula is C18H39N. The fourth-order valence-electron chi connectivity index (χ4n) is 2.80. The van der Waals surface area contributed by atoms with E-state index in [4.69, 9.17) is 0 Å². The molecule has 1 heteroatoms. The quantitative estimate of drug-likeness (QED) is 0.355. The average molecular weight is 270 g/mol. The van der Waals surface area contributed by atoms with E-state index < -0.39 is 0 Å². The van der Waals surface area contributed by atoms with Gasteiger partial charge in [-0.25, -0.2) is 0 Å². The van der Waals surface area contributed by atoms with E-state index in [1.165, 1.54) is 83.5 Å². The highest BCUT2D eigenvalue weighted by molar-refractivity contribution is 4.66. The van der Waals surface area contributed by atoms with Gasteiger partial charge in [-0.2, -0.15) is 0 Å². The van der Waals surface area contributed by atoms with Crippen molar-refractivity contribution in [3.05, 3.63) is 0 Å². The molecule has 0 aliphatic carbocycles. The van der Waals surface area contributed by atoms with E-state index in [-0.39, 0.29) is 0 Å². The summed E-state index contributed by atoms with van der Waals surface area (Å²) >= 11 is 0. The Balaban J connectivity index is 3.36. The summed E-state index contributed by atoms with van der Waals surface area (Å²) in [5.74, 6) is 0. The maximum Gasteiger partial charge on any atom is 0.00669 e. The Kier molecular flexibility index (Phi) is 16.0. The van der Waals surface area contributed by atoms with E-state index >= 15 is 0 Å².